The van der Waals surface area contributed by atoms with Crippen molar-refractivity contribution >= 4 is 11.6 Å². The maximum absolute atomic E-state index is 13.2. The minimum Gasteiger partial charge on any atom is -0.492 e. The predicted octanol–water partition coefficient (Wildman–Crippen LogP) is 2.55. The van der Waals surface area contributed by atoms with Gasteiger partial charge in [0.25, 0.3) is 0 Å². The van der Waals surface area contributed by atoms with Crippen molar-refractivity contribution in [2.24, 2.45) is 5.92 Å². The van der Waals surface area contributed by atoms with Crippen molar-refractivity contribution in [3.63, 3.8) is 0 Å². The number of carbonyl (C=O) groups is 1. The van der Waals surface area contributed by atoms with Crippen molar-refractivity contribution < 1.29 is 13.9 Å². The molecule has 5 heteroatoms. The van der Waals surface area contributed by atoms with Gasteiger partial charge in [0.15, 0.2) is 0 Å². The summed E-state index contributed by atoms with van der Waals surface area (Å²) in [6, 6.07) is 4.16. The van der Waals surface area contributed by atoms with Crippen molar-refractivity contribution in [1.82, 2.24) is 5.32 Å². The third kappa shape index (κ3) is 4.20. The lowest BCUT2D eigenvalue weighted by Crippen LogP contribution is -2.30. The van der Waals surface area contributed by atoms with Gasteiger partial charge >= 0.3 is 0 Å². The van der Waals surface area contributed by atoms with Crippen LogP contribution >= 0.6 is 0 Å². The molecule has 1 heterocycles. The van der Waals surface area contributed by atoms with Gasteiger partial charge in [0.05, 0.1) is 12.3 Å². The van der Waals surface area contributed by atoms with Gasteiger partial charge in [-0.1, -0.05) is 0 Å². The van der Waals surface area contributed by atoms with Crippen LogP contribution in [0.2, 0.25) is 0 Å². The first-order valence-electron chi connectivity index (χ1n) is 7.12. The molecule has 1 fully saturated rings. The fourth-order valence-electron chi connectivity index (χ4n) is 2.42. The first-order chi connectivity index (χ1) is 9.69. The molecule has 0 saturated carbocycles. The van der Waals surface area contributed by atoms with Crippen LogP contribution in [0.4, 0.5) is 10.1 Å². The van der Waals surface area contributed by atoms with Gasteiger partial charge in [-0.25, -0.2) is 4.39 Å². The minimum absolute atomic E-state index is 0.0375. The van der Waals surface area contributed by atoms with E-state index in [9.17, 15) is 9.18 Å². The Labute approximate surface area is 118 Å². The molecule has 1 aliphatic heterocycles. The Kier molecular flexibility index (Phi) is 5.35. The van der Waals surface area contributed by atoms with E-state index in [1.165, 1.54) is 12.1 Å². The largest absolute Gasteiger partial charge is 0.492 e. The average molecular weight is 280 g/mol. The zero-order valence-electron chi connectivity index (χ0n) is 11.7. The Morgan fingerprint density at radius 3 is 2.90 bits per heavy atom. The topological polar surface area (TPSA) is 50.4 Å². The number of ether oxygens (including phenoxy) is 1. The standard InChI is InChI=1S/C15H21FN2O2/c1-2-20-14-10-12(16)3-4-13(14)18-15(19)9-11-5-7-17-8-6-11/h3-4,10-11,17H,2,5-9H2,1H3,(H,18,19). The molecule has 0 radical (unpaired) electrons. The molecule has 2 N–H and O–H groups in total. The van der Waals surface area contributed by atoms with E-state index in [4.69, 9.17) is 4.74 Å². The zero-order chi connectivity index (χ0) is 14.4. The first kappa shape index (κ1) is 14.8. The fourth-order valence-corrected chi connectivity index (χ4v) is 2.42. The lowest BCUT2D eigenvalue weighted by Gasteiger charge is -2.22. The number of piperidine rings is 1. The SMILES string of the molecule is CCOc1cc(F)ccc1NC(=O)CC1CCNCC1. The van der Waals surface area contributed by atoms with Crippen LogP contribution in [0.15, 0.2) is 18.2 Å². The molecule has 0 unspecified atom stereocenters. The second-order valence-corrected chi connectivity index (χ2v) is 5.02. The van der Waals surface area contributed by atoms with Crippen LogP contribution in [0, 0.1) is 11.7 Å². The summed E-state index contributed by atoms with van der Waals surface area (Å²) in [6.45, 7) is 4.20. The van der Waals surface area contributed by atoms with Crippen molar-refractivity contribution in [2.45, 2.75) is 26.2 Å². The summed E-state index contributed by atoms with van der Waals surface area (Å²) in [7, 11) is 0. The highest BCUT2D eigenvalue weighted by Gasteiger charge is 2.17. The van der Waals surface area contributed by atoms with Crippen LogP contribution in [-0.2, 0) is 4.79 Å². The van der Waals surface area contributed by atoms with E-state index in [1.807, 2.05) is 6.92 Å². The van der Waals surface area contributed by atoms with Gasteiger partial charge in [-0.3, -0.25) is 4.79 Å². The molecule has 0 spiro atoms. The first-order valence-corrected chi connectivity index (χ1v) is 7.12. The molecule has 0 aliphatic carbocycles. The van der Waals surface area contributed by atoms with Crippen LogP contribution in [0.25, 0.3) is 0 Å². The Bertz CT molecular complexity index is 459. The monoisotopic (exact) mass is 280 g/mol. The molecule has 1 aliphatic rings. The van der Waals surface area contributed by atoms with E-state index in [1.54, 1.807) is 6.07 Å². The number of halogens is 1. The van der Waals surface area contributed by atoms with Crippen molar-refractivity contribution in [2.75, 3.05) is 25.0 Å². The van der Waals surface area contributed by atoms with Crippen LogP contribution in [0.1, 0.15) is 26.2 Å². The molecule has 0 bridgehead atoms. The third-order valence-electron chi connectivity index (χ3n) is 3.45. The zero-order valence-corrected chi connectivity index (χ0v) is 11.7. The number of hydrogen-bond acceptors (Lipinski definition) is 3. The third-order valence-corrected chi connectivity index (χ3v) is 3.45. The number of nitrogens with one attached hydrogen (secondary N) is 2. The van der Waals surface area contributed by atoms with Gasteiger partial charge in [-0.15, -0.1) is 0 Å². The Morgan fingerprint density at radius 1 is 1.45 bits per heavy atom. The number of amides is 1. The van der Waals surface area contributed by atoms with Crippen molar-refractivity contribution in [3.05, 3.63) is 24.0 Å². The summed E-state index contributed by atoms with van der Waals surface area (Å²) >= 11 is 0. The van der Waals surface area contributed by atoms with Gasteiger partial charge in [-0.2, -0.15) is 0 Å². The molecule has 1 amide bonds. The number of carbonyl (C=O) groups excluding carboxylic acids is 1. The summed E-state index contributed by atoms with van der Waals surface area (Å²) in [5, 5.41) is 6.10. The van der Waals surface area contributed by atoms with E-state index in [2.05, 4.69) is 10.6 Å². The predicted molar refractivity (Wildman–Crippen MR) is 76.4 cm³/mol. The van der Waals surface area contributed by atoms with E-state index in [0.29, 0.717) is 30.4 Å². The number of rotatable bonds is 5. The van der Waals surface area contributed by atoms with Crippen LogP contribution < -0.4 is 15.4 Å². The molecule has 0 atom stereocenters. The quantitative estimate of drug-likeness (QED) is 0.871. The molecule has 110 valence electrons. The lowest BCUT2D eigenvalue weighted by atomic mass is 9.94. The molecule has 4 nitrogen and oxygen atoms in total. The van der Waals surface area contributed by atoms with Gasteiger partial charge < -0.3 is 15.4 Å². The molecule has 2 rings (SSSR count). The molecular formula is C15H21FN2O2. The second-order valence-electron chi connectivity index (χ2n) is 5.02. The highest BCUT2D eigenvalue weighted by atomic mass is 19.1. The van der Waals surface area contributed by atoms with Crippen molar-refractivity contribution in [3.8, 4) is 5.75 Å². The molecule has 1 aromatic carbocycles. The minimum atomic E-state index is -0.371. The average Bonchev–Trinajstić information content (AvgIpc) is 2.43. The smallest absolute Gasteiger partial charge is 0.224 e. The lowest BCUT2D eigenvalue weighted by molar-refractivity contribution is -0.117. The summed E-state index contributed by atoms with van der Waals surface area (Å²) in [5.41, 5.74) is 0.534. The molecular weight excluding hydrogens is 259 g/mol. The molecule has 20 heavy (non-hydrogen) atoms. The number of benzene rings is 1. The summed E-state index contributed by atoms with van der Waals surface area (Å²) in [4.78, 5) is 12.0. The maximum atomic E-state index is 13.2. The van der Waals surface area contributed by atoms with Crippen LogP contribution in [0.5, 0.6) is 5.75 Å². The van der Waals surface area contributed by atoms with E-state index in [0.717, 1.165) is 25.9 Å². The highest BCUT2D eigenvalue weighted by Crippen LogP contribution is 2.26. The van der Waals surface area contributed by atoms with Crippen molar-refractivity contribution in [1.29, 1.82) is 0 Å². The maximum Gasteiger partial charge on any atom is 0.224 e. The van der Waals surface area contributed by atoms with Gasteiger partial charge in [0.1, 0.15) is 11.6 Å². The van der Waals surface area contributed by atoms with Crippen LogP contribution in [0.3, 0.4) is 0 Å². The van der Waals surface area contributed by atoms with Gasteiger partial charge in [0, 0.05) is 12.5 Å². The Morgan fingerprint density at radius 2 is 2.20 bits per heavy atom. The van der Waals surface area contributed by atoms with E-state index in [-0.39, 0.29) is 11.7 Å². The van der Waals surface area contributed by atoms with Gasteiger partial charge in [0.2, 0.25) is 5.91 Å². The molecule has 0 aromatic heterocycles. The Balaban J connectivity index is 1.96. The van der Waals surface area contributed by atoms with Gasteiger partial charge in [-0.05, 0) is 50.9 Å². The van der Waals surface area contributed by atoms with E-state index < -0.39 is 0 Å². The fraction of sp³-hybridized carbons (Fsp3) is 0.533. The summed E-state index contributed by atoms with van der Waals surface area (Å²) < 4.78 is 18.5. The van der Waals surface area contributed by atoms with Crippen LogP contribution in [-0.4, -0.2) is 25.6 Å². The summed E-state index contributed by atoms with van der Waals surface area (Å²) in [6.07, 6.45) is 2.55. The Hall–Kier alpha value is -1.62. The number of anilines is 1. The molecule has 1 aromatic rings. The summed E-state index contributed by atoms with van der Waals surface area (Å²) in [5.74, 6) is 0.396. The highest BCUT2D eigenvalue weighted by molar-refractivity contribution is 5.92. The van der Waals surface area contributed by atoms with E-state index >= 15 is 0 Å². The normalized spacial score (nSPS) is 15.9. The molecule has 1 saturated heterocycles. The second kappa shape index (κ2) is 7.24. The number of hydrogen-bond donors (Lipinski definition) is 2.